The van der Waals surface area contributed by atoms with Crippen LogP contribution in [0.15, 0.2) is 52.2 Å². The molecule has 1 spiro atoms. The van der Waals surface area contributed by atoms with Crippen molar-refractivity contribution in [3.8, 4) is 0 Å². The lowest BCUT2D eigenvalue weighted by molar-refractivity contribution is -0.119. The maximum Gasteiger partial charge on any atom is 0.287 e. The van der Waals surface area contributed by atoms with Crippen LogP contribution in [-0.4, -0.2) is 47.5 Å². The zero-order valence-corrected chi connectivity index (χ0v) is 25.6. The number of rotatable bonds is 6. The summed E-state index contributed by atoms with van der Waals surface area (Å²) in [5, 5.41) is 11.3. The van der Waals surface area contributed by atoms with E-state index in [0.29, 0.717) is 5.92 Å². The topological polar surface area (TPSA) is 105 Å². The van der Waals surface area contributed by atoms with Crippen LogP contribution in [0.2, 0.25) is 0 Å². The Balaban J connectivity index is 1.07. The highest BCUT2D eigenvalue weighted by Crippen LogP contribution is 2.55. The number of anilines is 2. The van der Waals surface area contributed by atoms with Crippen molar-refractivity contribution in [2.75, 3.05) is 36.1 Å². The zero-order valence-electron chi connectivity index (χ0n) is 24.8. The van der Waals surface area contributed by atoms with E-state index in [1.54, 1.807) is 0 Å². The van der Waals surface area contributed by atoms with E-state index in [4.69, 9.17) is 4.52 Å². The molecule has 2 fully saturated rings. The molecule has 2 aromatic rings. The van der Waals surface area contributed by atoms with Crippen molar-refractivity contribution in [3.05, 3.63) is 70.3 Å². The predicted molar refractivity (Wildman–Crippen MR) is 169 cm³/mol. The Morgan fingerprint density at radius 2 is 1.95 bits per heavy atom. The van der Waals surface area contributed by atoms with E-state index in [1.807, 2.05) is 13.0 Å². The van der Waals surface area contributed by atoms with Crippen LogP contribution in [0, 0.1) is 5.41 Å². The van der Waals surface area contributed by atoms with Crippen LogP contribution in [0.25, 0.3) is 16.7 Å². The standard InChI is InChI=1S/C33H39N5O3S/c1-19-13-27(32(39)37-42(4)40)35-26-8-7-24(14-25(19)26)38-11-9-33(10-12-38)15-23(16-33)29-30(36-41-31(29)22-5-6-22)28-20(2)17-34-18-21(28)3/h7-8,13-15,17,22,27,34-35H,5-6,9-12,16,18H2,1-4H3,(H,37,39). The van der Waals surface area contributed by atoms with E-state index in [-0.39, 0.29) is 11.3 Å². The van der Waals surface area contributed by atoms with Crippen molar-refractivity contribution in [1.29, 1.82) is 0 Å². The Morgan fingerprint density at radius 1 is 1.19 bits per heavy atom. The second-order valence-corrected chi connectivity index (χ2v) is 13.8. The van der Waals surface area contributed by atoms with E-state index in [9.17, 15) is 9.35 Å². The van der Waals surface area contributed by atoms with E-state index < -0.39 is 17.4 Å². The summed E-state index contributed by atoms with van der Waals surface area (Å²) in [7, 11) is 0. The van der Waals surface area contributed by atoms with Gasteiger partial charge in [-0.2, -0.15) is 4.72 Å². The van der Waals surface area contributed by atoms with Crippen molar-refractivity contribution >= 4 is 45.4 Å². The number of benzene rings is 1. The van der Waals surface area contributed by atoms with Gasteiger partial charge in [-0.15, -0.1) is 0 Å². The highest BCUT2D eigenvalue weighted by atomic mass is 32.2. The third kappa shape index (κ3) is 4.86. The summed E-state index contributed by atoms with van der Waals surface area (Å²) in [6, 6.07) is 5.92. The first kappa shape index (κ1) is 27.4. The van der Waals surface area contributed by atoms with E-state index >= 15 is 0 Å². The van der Waals surface area contributed by atoms with Crippen molar-refractivity contribution in [2.24, 2.45) is 5.41 Å². The number of amides is 1. The lowest BCUT2D eigenvalue weighted by atomic mass is 9.63. The van der Waals surface area contributed by atoms with Gasteiger partial charge in [0, 0.05) is 59.8 Å². The lowest BCUT2D eigenvalue weighted by Crippen LogP contribution is -2.43. The summed E-state index contributed by atoms with van der Waals surface area (Å²) >= 11 is -1.39. The third-order valence-corrected chi connectivity index (χ3v) is 10.0. The number of hydrogen-bond acceptors (Lipinski definition) is 7. The first-order valence-electron chi connectivity index (χ1n) is 15.0. The number of piperidine rings is 1. The fourth-order valence-corrected chi connectivity index (χ4v) is 7.55. The van der Waals surface area contributed by atoms with Gasteiger partial charge in [0.2, 0.25) is 0 Å². The average Bonchev–Trinajstić information content (AvgIpc) is 3.70. The summed E-state index contributed by atoms with van der Waals surface area (Å²) in [6.07, 6.45) is 13.7. The minimum Gasteiger partial charge on any atom is -0.593 e. The highest BCUT2D eigenvalue weighted by Gasteiger charge is 2.44. The molecule has 0 bridgehead atoms. The second-order valence-electron chi connectivity index (χ2n) is 12.7. The molecule has 1 aromatic carbocycles. The minimum atomic E-state index is -1.39. The van der Waals surface area contributed by atoms with Gasteiger partial charge in [-0.25, -0.2) is 0 Å². The number of allylic oxidation sites excluding steroid dienone is 5. The van der Waals surface area contributed by atoms with Gasteiger partial charge >= 0.3 is 0 Å². The summed E-state index contributed by atoms with van der Waals surface area (Å²) in [5.41, 5.74) is 12.1. The molecule has 2 aliphatic carbocycles. The molecule has 0 radical (unpaired) electrons. The molecule has 1 saturated heterocycles. The molecule has 7 rings (SSSR count). The van der Waals surface area contributed by atoms with Gasteiger partial charge in [0.15, 0.2) is 0 Å². The quantitative estimate of drug-likeness (QED) is 0.384. The largest absolute Gasteiger partial charge is 0.593 e. The summed E-state index contributed by atoms with van der Waals surface area (Å²) in [4.78, 5) is 14.9. The molecule has 42 heavy (non-hydrogen) atoms. The molecule has 8 nitrogen and oxygen atoms in total. The van der Waals surface area contributed by atoms with Gasteiger partial charge in [-0.3, -0.25) is 4.79 Å². The van der Waals surface area contributed by atoms with E-state index in [1.165, 1.54) is 52.6 Å². The number of dihydropyridines is 1. The molecule has 5 aliphatic rings. The van der Waals surface area contributed by atoms with Gasteiger partial charge in [0.1, 0.15) is 23.8 Å². The minimum absolute atomic E-state index is 0.245. The van der Waals surface area contributed by atoms with Gasteiger partial charge < -0.3 is 24.6 Å². The van der Waals surface area contributed by atoms with Gasteiger partial charge in [0.25, 0.3) is 5.91 Å². The monoisotopic (exact) mass is 585 g/mol. The number of nitrogens with zero attached hydrogens (tertiary/aromatic N) is 2. The van der Waals surface area contributed by atoms with Crippen molar-refractivity contribution in [1.82, 2.24) is 15.2 Å². The SMILES string of the molecule is CC1=CNCC(C)=C1c1noc(C2CC2)c1C1=CC2(CCN(c3ccc4c(c3)C(C)=CC(C(=O)N[S+](C)[O-])N4)CC2)C1. The smallest absolute Gasteiger partial charge is 0.287 e. The Bertz CT molecular complexity index is 1570. The van der Waals surface area contributed by atoms with Crippen molar-refractivity contribution < 1.29 is 13.9 Å². The number of fused-ring (bicyclic) bond motifs is 1. The molecule has 4 heterocycles. The third-order valence-electron chi connectivity index (χ3n) is 9.56. The number of aromatic nitrogens is 1. The maximum absolute atomic E-state index is 12.4. The molecule has 9 heteroatoms. The van der Waals surface area contributed by atoms with Crippen LogP contribution in [0.3, 0.4) is 0 Å². The second kappa shape index (κ2) is 10.4. The fourth-order valence-electron chi connectivity index (χ4n) is 7.14. The molecular formula is C33H39N5O3S. The molecule has 220 valence electrons. The number of hydrogen-bond donors (Lipinski definition) is 3. The molecular weight excluding hydrogens is 546 g/mol. The van der Waals surface area contributed by atoms with Crippen LogP contribution in [-0.2, 0) is 16.2 Å². The molecule has 2 unspecified atom stereocenters. The highest BCUT2D eigenvalue weighted by molar-refractivity contribution is 7.89. The molecule has 2 atom stereocenters. The summed E-state index contributed by atoms with van der Waals surface area (Å²) < 4.78 is 20.0. The number of carbonyl (C=O) groups excluding carboxylic acids is 1. The molecule has 1 amide bonds. The Kier molecular flexibility index (Phi) is 6.77. The summed E-state index contributed by atoms with van der Waals surface area (Å²) in [5.74, 6) is 1.34. The molecule has 3 aliphatic heterocycles. The molecule has 3 N–H and O–H groups in total. The Morgan fingerprint density at radius 3 is 2.64 bits per heavy atom. The maximum atomic E-state index is 12.4. The number of nitrogens with one attached hydrogen (secondary N) is 3. The van der Waals surface area contributed by atoms with Gasteiger partial charge in [0.05, 0.1) is 11.4 Å². The number of carbonyl (C=O) groups is 1. The average molecular weight is 586 g/mol. The van der Waals surface area contributed by atoms with Crippen LogP contribution in [0.1, 0.15) is 81.4 Å². The predicted octanol–water partition coefficient (Wildman–Crippen LogP) is 5.51. The van der Waals surface area contributed by atoms with Crippen LogP contribution in [0.5, 0.6) is 0 Å². The van der Waals surface area contributed by atoms with Gasteiger partial charge in [-0.05, 0) is 105 Å². The first-order chi connectivity index (χ1) is 20.2. The van der Waals surface area contributed by atoms with E-state index in [2.05, 4.69) is 69.7 Å². The summed E-state index contributed by atoms with van der Waals surface area (Å²) in [6.45, 7) is 9.25. The fraction of sp³-hybridized carbons (Fsp3) is 0.455. The normalized spacial score (nSPS) is 23.6. The Hall–Kier alpha value is -3.43. The first-order valence-corrected chi connectivity index (χ1v) is 16.6. The van der Waals surface area contributed by atoms with Crippen LogP contribution < -0.4 is 20.3 Å². The van der Waals surface area contributed by atoms with E-state index in [0.717, 1.165) is 67.2 Å². The lowest BCUT2D eigenvalue weighted by Gasteiger charge is -2.47. The van der Waals surface area contributed by atoms with Gasteiger partial charge in [-0.1, -0.05) is 11.2 Å². The van der Waals surface area contributed by atoms with Crippen molar-refractivity contribution in [3.63, 3.8) is 0 Å². The molecule has 1 saturated carbocycles. The van der Waals surface area contributed by atoms with Crippen LogP contribution >= 0.6 is 0 Å². The molecule has 1 aromatic heterocycles. The van der Waals surface area contributed by atoms with Crippen LogP contribution in [0.4, 0.5) is 11.4 Å². The van der Waals surface area contributed by atoms with Crippen molar-refractivity contribution in [2.45, 2.75) is 64.8 Å². The Labute approximate surface area is 250 Å². The zero-order chi connectivity index (χ0) is 29.2.